The molecule has 1 aliphatic rings. The molecule has 1 saturated heterocycles. The SMILES string of the molecule is CS(=O)(=O)N1CCC(NCCc2cnn(-c3ccccc3)c2)CC1. The van der Waals surface area contributed by atoms with Crippen molar-refractivity contribution in [1.29, 1.82) is 0 Å². The van der Waals surface area contributed by atoms with Crippen molar-refractivity contribution < 1.29 is 8.42 Å². The first-order chi connectivity index (χ1) is 11.5. The molecule has 2 heterocycles. The van der Waals surface area contributed by atoms with Gasteiger partial charge in [0.1, 0.15) is 0 Å². The van der Waals surface area contributed by atoms with Gasteiger partial charge >= 0.3 is 0 Å². The lowest BCUT2D eigenvalue weighted by Crippen LogP contribution is -2.44. The summed E-state index contributed by atoms with van der Waals surface area (Å²) in [6.07, 6.45) is 7.90. The second-order valence-corrected chi connectivity index (χ2v) is 8.25. The molecule has 7 heteroatoms. The average molecular weight is 348 g/mol. The van der Waals surface area contributed by atoms with E-state index < -0.39 is 10.0 Å². The van der Waals surface area contributed by atoms with E-state index >= 15 is 0 Å². The predicted octanol–water partition coefficient (Wildman–Crippen LogP) is 1.43. The molecule has 1 N–H and O–H groups in total. The van der Waals surface area contributed by atoms with Crippen LogP contribution in [-0.4, -0.2) is 54.4 Å². The molecular weight excluding hydrogens is 324 g/mol. The highest BCUT2D eigenvalue weighted by Crippen LogP contribution is 2.13. The largest absolute Gasteiger partial charge is 0.314 e. The number of para-hydroxylation sites is 1. The molecule has 130 valence electrons. The molecule has 1 aromatic heterocycles. The second kappa shape index (κ2) is 7.46. The maximum absolute atomic E-state index is 11.5. The number of piperidine rings is 1. The summed E-state index contributed by atoms with van der Waals surface area (Å²) in [5.74, 6) is 0. The van der Waals surface area contributed by atoms with Crippen LogP contribution >= 0.6 is 0 Å². The molecule has 0 spiro atoms. The van der Waals surface area contributed by atoms with Crippen molar-refractivity contribution in [1.82, 2.24) is 19.4 Å². The normalized spacial score (nSPS) is 17.2. The number of nitrogens with one attached hydrogen (secondary N) is 1. The molecule has 1 aromatic carbocycles. The van der Waals surface area contributed by atoms with Crippen molar-refractivity contribution in [2.24, 2.45) is 0 Å². The summed E-state index contributed by atoms with van der Waals surface area (Å²) in [7, 11) is -3.04. The molecular formula is C17H24N4O2S. The monoisotopic (exact) mass is 348 g/mol. The Kier molecular flexibility index (Phi) is 5.33. The van der Waals surface area contributed by atoms with Crippen LogP contribution in [0.3, 0.4) is 0 Å². The zero-order chi connectivity index (χ0) is 17.0. The van der Waals surface area contributed by atoms with Gasteiger partial charge in [0.2, 0.25) is 10.0 Å². The highest BCUT2D eigenvalue weighted by Gasteiger charge is 2.24. The summed E-state index contributed by atoms with van der Waals surface area (Å²) < 4.78 is 26.5. The van der Waals surface area contributed by atoms with Gasteiger partial charge in [0.05, 0.1) is 18.1 Å². The molecule has 0 saturated carbocycles. The van der Waals surface area contributed by atoms with Crippen LogP contribution in [0.4, 0.5) is 0 Å². The molecule has 24 heavy (non-hydrogen) atoms. The van der Waals surface area contributed by atoms with E-state index in [2.05, 4.69) is 16.6 Å². The van der Waals surface area contributed by atoms with Crippen LogP contribution in [-0.2, 0) is 16.4 Å². The second-order valence-electron chi connectivity index (χ2n) is 6.27. The maximum Gasteiger partial charge on any atom is 0.211 e. The minimum atomic E-state index is -3.04. The van der Waals surface area contributed by atoms with E-state index in [-0.39, 0.29) is 0 Å². The number of rotatable bonds is 6. The van der Waals surface area contributed by atoms with E-state index in [1.165, 1.54) is 11.8 Å². The van der Waals surface area contributed by atoms with E-state index in [1.54, 1.807) is 4.31 Å². The number of sulfonamides is 1. The van der Waals surface area contributed by atoms with Crippen LogP contribution in [0.2, 0.25) is 0 Å². The number of aromatic nitrogens is 2. The first-order valence-electron chi connectivity index (χ1n) is 8.30. The summed E-state index contributed by atoms with van der Waals surface area (Å²) in [4.78, 5) is 0. The third kappa shape index (κ3) is 4.43. The van der Waals surface area contributed by atoms with Crippen molar-refractivity contribution in [3.63, 3.8) is 0 Å². The number of hydrogen-bond acceptors (Lipinski definition) is 4. The van der Waals surface area contributed by atoms with E-state index in [0.29, 0.717) is 19.1 Å². The Morgan fingerprint density at radius 3 is 2.58 bits per heavy atom. The minimum Gasteiger partial charge on any atom is -0.314 e. The molecule has 2 aromatic rings. The van der Waals surface area contributed by atoms with Crippen molar-refractivity contribution in [2.75, 3.05) is 25.9 Å². The number of hydrogen-bond donors (Lipinski definition) is 1. The summed E-state index contributed by atoms with van der Waals surface area (Å²) in [5.41, 5.74) is 2.25. The summed E-state index contributed by atoms with van der Waals surface area (Å²) in [6, 6.07) is 10.5. The van der Waals surface area contributed by atoms with Crippen molar-refractivity contribution >= 4 is 10.0 Å². The van der Waals surface area contributed by atoms with Gasteiger partial charge in [-0.15, -0.1) is 0 Å². The highest BCUT2D eigenvalue weighted by molar-refractivity contribution is 7.88. The van der Waals surface area contributed by atoms with Crippen molar-refractivity contribution in [3.8, 4) is 5.69 Å². The number of benzene rings is 1. The van der Waals surface area contributed by atoms with Gasteiger partial charge in [-0.25, -0.2) is 17.4 Å². The van der Waals surface area contributed by atoms with Gasteiger partial charge < -0.3 is 5.32 Å². The third-order valence-corrected chi connectivity index (χ3v) is 5.73. The molecule has 0 atom stereocenters. The summed E-state index contributed by atoms with van der Waals surface area (Å²) in [5, 5.41) is 7.94. The van der Waals surface area contributed by atoms with E-state index in [0.717, 1.165) is 31.5 Å². The van der Waals surface area contributed by atoms with Gasteiger partial charge in [0.25, 0.3) is 0 Å². The van der Waals surface area contributed by atoms with E-state index in [9.17, 15) is 8.42 Å². The molecule has 6 nitrogen and oxygen atoms in total. The van der Waals surface area contributed by atoms with Gasteiger partial charge in [0, 0.05) is 25.3 Å². The van der Waals surface area contributed by atoms with Crippen LogP contribution in [0.15, 0.2) is 42.7 Å². The van der Waals surface area contributed by atoms with Crippen molar-refractivity contribution in [3.05, 3.63) is 48.3 Å². The van der Waals surface area contributed by atoms with Crippen LogP contribution < -0.4 is 5.32 Å². The van der Waals surface area contributed by atoms with Gasteiger partial charge in [0.15, 0.2) is 0 Å². The first-order valence-corrected chi connectivity index (χ1v) is 10.1. The van der Waals surface area contributed by atoms with Gasteiger partial charge in [-0.2, -0.15) is 5.10 Å². The Morgan fingerprint density at radius 1 is 1.21 bits per heavy atom. The van der Waals surface area contributed by atoms with Gasteiger partial charge in [-0.3, -0.25) is 0 Å². The summed E-state index contributed by atoms with van der Waals surface area (Å²) in [6.45, 7) is 2.11. The fraction of sp³-hybridized carbons (Fsp3) is 0.471. The molecule has 0 amide bonds. The molecule has 0 radical (unpaired) electrons. The smallest absolute Gasteiger partial charge is 0.211 e. The first kappa shape index (κ1) is 17.1. The third-order valence-electron chi connectivity index (χ3n) is 4.43. The van der Waals surface area contributed by atoms with Crippen LogP contribution in [0.1, 0.15) is 18.4 Å². The van der Waals surface area contributed by atoms with Crippen LogP contribution in [0.25, 0.3) is 5.69 Å². The van der Waals surface area contributed by atoms with E-state index in [4.69, 9.17) is 0 Å². The standard InChI is InChI=1S/C17H24N4O2S/c1-24(22,23)20-11-8-16(9-12-20)18-10-7-15-13-19-21(14-15)17-5-3-2-4-6-17/h2-6,13-14,16,18H,7-12H2,1H3. The van der Waals surface area contributed by atoms with Crippen molar-refractivity contribution in [2.45, 2.75) is 25.3 Å². The Bertz CT molecular complexity index is 750. The fourth-order valence-electron chi connectivity index (χ4n) is 3.02. The lowest BCUT2D eigenvalue weighted by Gasteiger charge is -2.30. The highest BCUT2D eigenvalue weighted by atomic mass is 32.2. The minimum absolute atomic E-state index is 0.396. The quantitative estimate of drug-likeness (QED) is 0.857. The molecule has 0 unspecified atom stereocenters. The Labute approximate surface area is 143 Å². The zero-order valence-electron chi connectivity index (χ0n) is 13.9. The molecule has 0 bridgehead atoms. The van der Waals surface area contributed by atoms with E-state index in [1.807, 2.05) is 41.2 Å². The topological polar surface area (TPSA) is 67.2 Å². The van der Waals surface area contributed by atoms with Crippen LogP contribution in [0.5, 0.6) is 0 Å². The molecule has 0 aliphatic carbocycles. The summed E-state index contributed by atoms with van der Waals surface area (Å²) >= 11 is 0. The van der Waals surface area contributed by atoms with Gasteiger partial charge in [-0.05, 0) is 43.5 Å². The lowest BCUT2D eigenvalue weighted by atomic mass is 10.1. The number of nitrogens with zero attached hydrogens (tertiary/aromatic N) is 3. The predicted molar refractivity (Wildman–Crippen MR) is 94.7 cm³/mol. The Hall–Kier alpha value is -1.70. The van der Waals surface area contributed by atoms with Gasteiger partial charge in [-0.1, -0.05) is 18.2 Å². The lowest BCUT2D eigenvalue weighted by molar-refractivity contribution is 0.292. The molecule has 1 fully saturated rings. The Morgan fingerprint density at radius 2 is 1.92 bits per heavy atom. The zero-order valence-corrected chi connectivity index (χ0v) is 14.7. The molecule has 3 rings (SSSR count). The fourth-order valence-corrected chi connectivity index (χ4v) is 3.90. The average Bonchev–Trinajstić information content (AvgIpc) is 3.04. The Balaban J connectivity index is 1.44. The van der Waals surface area contributed by atoms with Crippen LogP contribution in [0, 0.1) is 0 Å². The molecule has 1 aliphatic heterocycles. The maximum atomic E-state index is 11.5.